The van der Waals surface area contributed by atoms with Gasteiger partial charge in [0.25, 0.3) is 5.91 Å². The van der Waals surface area contributed by atoms with E-state index in [-0.39, 0.29) is 11.9 Å². The van der Waals surface area contributed by atoms with Crippen molar-refractivity contribution < 1.29 is 4.79 Å². The lowest BCUT2D eigenvalue weighted by molar-refractivity contribution is 0.0939. The van der Waals surface area contributed by atoms with Crippen LogP contribution in [-0.2, 0) is 0 Å². The molecule has 2 heterocycles. The summed E-state index contributed by atoms with van der Waals surface area (Å²) in [7, 11) is 0. The van der Waals surface area contributed by atoms with Crippen molar-refractivity contribution in [2.24, 2.45) is 0 Å². The lowest BCUT2D eigenvalue weighted by atomic mass is 10.1. The monoisotopic (exact) mass is 387 g/mol. The van der Waals surface area contributed by atoms with Crippen molar-refractivity contribution in [3.8, 4) is 0 Å². The van der Waals surface area contributed by atoms with Crippen LogP contribution in [0.2, 0.25) is 0 Å². The number of nitrogens with zero attached hydrogens (tertiary/aromatic N) is 4. The second-order valence-electron chi connectivity index (χ2n) is 7.19. The topological polar surface area (TPSA) is 61.4 Å². The van der Waals surface area contributed by atoms with Gasteiger partial charge in [-0.1, -0.05) is 48.5 Å². The van der Waals surface area contributed by atoms with Crippen LogP contribution in [0.25, 0.3) is 0 Å². The van der Waals surface area contributed by atoms with Gasteiger partial charge in [-0.05, 0) is 24.6 Å². The Kier molecular flexibility index (Phi) is 5.70. The molecular formula is C23H25N5O. The van der Waals surface area contributed by atoms with Crippen molar-refractivity contribution in [3.05, 3.63) is 84.2 Å². The molecule has 1 saturated heterocycles. The number of carbonyl (C=O) groups excluding carboxylic acids is 1. The van der Waals surface area contributed by atoms with E-state index in [9.17, 15) is 4.79 Å². The quantitative estimate of drug-likeness (QED) is 0.728. The van der Waals surface area contributed by atoms with Crippen LogP contribution >= 0.6 is 0 Å². The summed E-state index contributed by atoms with van der Waals surface area (Å²) in [5.41, 5.74) is 2.78. The fourth-order valence-electron chi connectivity index (χ4n) is 3.51. The number of nitrogens with one attached hydrogen (secondary N) is 1. The maximum absolute atomic E-state index is 12.5. The van der Waals surface area contributed by atoms with Crippen LogP contribution in [0, 0.1) is 0 Å². The van der Waals surface area contributed by atoms with Crippen LogP contribution in [0.15, 0.2) is 73.1 Å². The van der Waals surface area contributed by atoms with E-state index >= 15 is 0 Å². The van der Waals surface area contributed by atoms with Gasteiger partial charge in [-0.3, -0.25) is 4.79 Å². The maximum atomic E-state index is 12.5. The van der Waals surface area contributed by atoms with E-state index in [4.69, 9.17) is 0 Å². The average molecular weight is 387 g/mol. The second kappa shape index (κ2) is 8.73. The first-order valence-corrected chi connectivity index (χ1v) is 9.93. The Morgan fingerprint density at radius 2 is 1.41 bits per heavy atom. The lowest BCUT2D eigenvalue weighted by Crippen LogP contribution is -2.47. The zero-order valence-electron chi connectivity index (χ0n) is 16.5. The number of aromatic nitrogens is 2. The number of carbonyl (C=O) groups is 1. The third-order valence-electron chi connectivity index (χ3n) is 5.23. The number of para-hydroxylation sites is 1. The summed E-state index contributed by atoms with van der Waals surface area (Å²) < 4.78 is 0. The summed E-state index contributed by atoms with van der Waals surface area (Å²) in [5, 5.41) is 3.00. The van der Waals surface area contributed by atoms with Crippen LogP contribution in [0.1, 0.15) is 28.9 Å². The minimum atomic E-state index is -0.165. The Labute approximate surface area is 171 Å². The van der Waals surface area contributed by atoms with Crippen LogP contribution in [0.4, 0.5) is 11.6 Å². The highest BCUT2D eigenvalue weighted by atomic mass is 16.1. The van der Waals surface area contributed by atoms with E-state index < -0.39 is 0 Å². The average Bonchev–Trinajstić information content (AvgIpc) is 2.80. The predicted molar refractivity (Wildman–Crippen MR) is 115 cm³/mol. The van der Waals surface area contributed by atoms with Gasteiger partial charge in [0.1, 0.15) is 0 Å². The first-order chi connectivity index (χ1) is 14.2. The molecule has 1 amide bonds. The Bertz CT molecular complexity index is 923. The third kappa shape index (κ3) is 4.54. The Morgan fingerprint density at radius 3 is 2.03 bits per heavy atom. The van der Waals surface area contributed by atoms with E-state index in [0.29, 0.717) is 11.5 Å². The van der Waals surface area contributed by atoms with Crippen molar-refractivity contribution in [1.82, 2.24) is 15.3 Å². The molecule has 1 N–H and O–H groups in total. The fraction of sp³-hybridized carbons (Fsp3) is 0.261. The molecule has 0 radical (unpaired) electrons. The predicted octanol–water partition coefficient (Wildman–Crippen LogP) is 3.29. The van der Waals surface area contributed by atoms with Crippen LogP contribution < -0.4 is 15.1 Å². The number of amides is 1. The van der Waals surface area contributed by atoms with E-state index in [0.717, 1.165) is 31.7 Å². The zero-order valence-corrected chi connectivity index (χ0v) is 16.5. The molecule has 1 unspecified atom stereocenters. The van der Waals surface area contributed by atoms with Crippen molar-refractivity contribution in [2.45, 2.75) is 13.0 Å². The smallest absolute Gasteiger partial charge is 0.254 e. The molecule has 1 aliphatic heterocycles. The summed E-state index contributed by atoms with van der Waals surface area (Å²) >= 11 is 0. The number of hydrogen-bond donors (Lipinski definition) is 1. The summed E-state index contributed by atoms with van der Waals surface area (Å²) in [6.07, 6.45) is 3.22. The second-order valence-corrected chi connectivity index (χ2v) is 7.19. The molecule has 0 spiro atoms. The molecule has 148 valence electrons. The van der Waals surface area contributed by atoms with Gasteiger partial charge in [-0.2, -0.15) is 0 Å². The summed E-state index contributed by atoms with van der Waals surface area (Å²) in [4.78, 5) is 25.9. The molecule has 3 aromatic rings. The lowest BCUT2D eigenvalue weighted by Gasteiger charge is -2.36. The zero-order chi connectivity index (χ0) is 20.1. The summed E-state index contributed by atoms with van der Waals surface area (Å²) in [6, 6.07) is 20.2. The highest BCUT2D eigenvalue weighted by Crippen LogP contribution is 2.18. The normalized spacial score (nSPS) is 15.1. The first-order valence-electron chi connectivity index (χ1n) is 9.93. The Morgan fingerprint density at radius 1 is 0.862 bits per heavy atom. The van der Waals surface area contributed by atoms with E-state index in [1.165, 1.54) is 5.69 Å². The largest absolute Gasteiger partial charge is 0.368 e. The van der Waals surface area contributed by atoms with Gasteiger partial charge in [0.15, 0.2) is 0 Å². The minimum absolute atomic E-state index is 0.0746. The molecule has 1 fully saturated rings. The van der Waals surface area contributed by atoms with E-state index in [1.54, 1.807) is 12.4 Å². The molecule has 1 aromatic heterocycles. The van der Waals surface area contributed by atoms with Crippen molar-refractivity contribution >= 4 is 17.5 Å². The molecule has 4 rings (SSSR count). The number of benzene rings is 2. The minimum Gasteiger partial charge on any atom is -0.368 e. The Balaban J connectivity index is 1.34. The Hall–Kier alpha value is -3.41. The van der Waals surface area contributed by atoms with Gasteiger partial charge in [-0.25, -0.2) is 9.97 Å². The van der Waals surface area contributed by atoms with Gasteiger partial charge in [0, 0.05) is 44.3 Å². The standard InChI is InChI=1S/C23H25N5O/c1-18(19-8-4-2-5-9-19)26-22(29)20-16-24-23(25-17-20)28-14-12-27(13-15-28)21-10-6-3-7-11-21/h2-11,16-18H,12-15H2,1H3,(H,26,29). The van der Waals surface area contributed by atoms with E-state index in [2.05, 4.69) is 49.4 Å². The molecule has 0 bridgehead atoms. The molecular weight excluding hydrogens is 362 g/mol. The molecule has 0 saturated carbocycles. The molecule has 29 heavy (non-hydrogen) atoms. The molecule has 1 atom stereocenters. The number of anilines is 2. The molecule has 0 aliphatic carbocycles. The number of piperazine rings is 1. The van der Waals surface area contributed by atoms with Gasteiger partial charge in [-0.15, -0.1) is 0 Å². The van der Waals surface area contributed by atoms with Crippen molar-refractivity contribution in [3.63, 3.8) is 0 Å². The SMILES string of the molecule is CC(NC(=O)c1cnc(N2CCN(c3ccccc3)CC2)nc1)c1ccccc1. The molecule has 6 heteroatoms. The summed E-state index contributed by atoms with van der Waals surface area (Å²) in [6.45, 7) is 5.51. The highest BCUT2D eigenvalue weighted by Gasteiger charge is 2.20. The van der Waals surface area contributed by atoms with Crippen LogP contribution in [0.3, 0.4) is 0 Å². The van der Waals surface area contributed by atoms with Crippen LogP contribution in [0.5, 0.6) is 0 Å². The van der Waals surface area contributed by atoms with Gasteiger partial charge in [0.05, 0.1) is 11.6 Å². The third-order valence-corrected chi connectivity index (χ3v) is 5.23. The van der Waals surface area contributed by atoms with E-state index in [1.807, 2.05) is 43.3 Å². The van der Waals surface area contributed by atoms with Crippen molar-refractivity contribution in [2.75, 3.05) is 36.0 Å². The summed E-state index contributed by atoms with van der Waals surface area (Å²) in [5.74, 6) is 0.507. The number of rotatable bonds is 5. The van der Waals surface area contributed by atoms with Gasteiger partial charge >= 0.3 is 0 Å². The van der Waals surface area contributed by atoms with Gasteiger partial charge in [0.2, 0.25) is 5.95 Å². The maximum Gasteiger partial charge on any atom is 0.254 e. The van der Waals surface area contributed by atoms with Crippen molar-refractivity contribution in [1.29, 1.82) is 0 Å². The molecule has 2 aromatic carbocycles. The van der Waals surface area contributed by atoms with Crippen LogP contribution in [-0.4, -0.2) is 42.1 Å². The number of hydrogen-bond acceptors (Lipinski definition) is 5. The van der Waals surface area contributed by atoms with Gasteiger partial charge < -0.3 is 15.1 Å². The molecule has 1 aliphatic rings. The fourth-order valence-corrected chi connectivity index (χ4v) is 3.51. The first kappa shape index (κ1) is 18.9. The highest BCUT2D eigenvalue weighted by molar-refractivity contribution is 5.93. The molecule has 6 nitrogen and oxygen atoms in total.